The summed E-state index contributed by atoms with van der Waals surface area (Å²) < 4.78 is 13.5. The lowest BCUT2D eigenvalue weighted by Gasteiger charge is -2.19. The van der Waals surface area contributed by atoms with Crippen LogP contribution in [0.1, 0.15) is 36.2 Å². The second-order valence-electron chi connectivity index (χ2n) is 5.18. The average Bonchev–Trinajstić information content (AvgIpc) is 2.48. The third kappa shape index (κ3) is 4.51. The number of hydrogen-bond donors (Lipinski definition) is 1. The number of hydrogen-bond acceptors (Lipinski definition) is 2. The van der Waals surface area contributed by atoms with Gasteiger partial charge < -0.3 is 5.32 Å². The van der Waals surface area contributed by atoms with Crippen LogP contribution in [0.25, 0.3) is 0 Å². The second kappa shape index (κ2) is 7.53. The lowest BCUT2D eigenvalue weighted by Crippen LogP contribution is -2.25. The molecule has 0 fully saturated rings. The summed E-state index contributed by atoms with van der Waals surface area (Å²) in [4.78, 5) is 4.39. The molecular weight excluding hydrogens is 287 g/mol. The molecule has 21 heavy (non-hydrogen) atoms. The predicted octanol–water partition coefficient (Wildman–Crippen LogP) is 4.47. The number of aryl methyl sites for hydroxylation is 1. The number of nitrogens with zero attached hydrogens (tertiary/aromatic N) is 1. The van der Waals surface area contributed by atoms with Crippen LogP contribution in [-0.2, 0) is 6.42 Å². The van der Waals surface area contributed by atoms with Crippen LogP contribution < -0.4 is 5.32 Å². The van der Waals surface area contributed by atoms with E-state index in [-0.39, 0.29) is 11.9 Å². The molecule has 2 aromatic rings. The largest absolute Gasteiger partial charge is 0.308 e. The normalized spacial score (nSPS) is 12.4. The molecule has 1 atom stereocenters. The fourth-order valence-electron chi connectivity index (χ4n) is 2.27. The fraction of sp³-hybridized carbons (Fsp3) is 0.353. The Labute approximate surface area is 130 Å². The van der Waals surface area contributed by atoms with E-state index in [1.807, 2.05) is 25.1 Å². The van der Waals surface area contributed by atoms with Gasteiger partial charge in [0.05, 0.1) is 16.8 Å². The van der Waals surface area contributed by atoms with Crippen molar-refractivity contribution in [3.05, 3.63) is 64.2 Å². The molecule has 0 aliphatic heterocycles. The van der Waals surface area contributed by atoms with Crippen LogP contribution in [0.4, 0.5) is 4.39 Å². The van der Waals surface area contributed by atoms with Crippen LogP contribution in [0.2, 0.25) is 5.02 Å². The van der Waals surface area contributed by atoms with E-state index >= 15 is 0 Å². The van der Waals surface area contributed by atoms with Crippen molar-refractivity contribution >= 4 is 11.6 Å². The third-order valence-electron chi connectivity index (χ3n) is 3.48. The van der Waals surface area contributed by atoms with Crippen LogP contribution in [-0.4, -0.2) is 11.5 Å². The molecular formula is C17H20ClFN2. The summed E-state index contributed by atoms with van der Waals surface area (Å²) in [6.45, 7) is 5.01. The molecule has 1 unspecified atom stereocenters. The number of rotatable bonds is 6. The molecule has 0 saturated carbocycles. The molecule has 1 aromatic heterocycles. The molecule has 1 heterocycles. The maximum absolute atomic E-state index is 13.5. The minimum Gasteiger partial charge on any atom is -0.308 e. The SMILES string of the molecule is CCCNC(Cc1cc(F)ccc1C)c1ccc(Cl)cn1. The Morgan fingerprint density at radius 1 is 1.29 bits per heavy atom. The van der Waals surface area contributed by atoms with Crippen molar-refractivity contribution in [3.8, 4) is 0 Å². The predicted molar refractivity (Wildman–Crippen MR) is 85.1 cm³/mol. The van der Waals surface area contributed by atoms with Crippen molar-refractivity contribution in [2.24, 2.45) is 0 Å². The Kier molecular flexibility index (Phi) is 5.71. The van der Waals surface area contributed by atoms with Crippen molar-refractivity contribution in [1.29, 1.82) is 0 Å². The zero-order valence-corrected chi connectivity index (χ0v) is 13.1. The standard InChI is InChI=1S/C17H20ClFN2/c1-3-8-20-17(16-7-5-14(18)11-21-16)10-13-9-15(19)6-4-12(13)2/h4-7,9,11,17,20H,3,8,10H2,1-2H3. The van der Waals surface area contributed by atoms with Crippen LogP contribution >= 0.6 is 11.6 Å². The molecule has 2 rings (SSSR count). The van der Waals surface area contributed by atoms with E-state index in [1.165, 1.54) is 6.07 Å². The first-order valence-corrected chi connectivity index (χ1v) is 7.57. The number of pyridine rings is 1. The van der Waals surface area contributed by atoms with Gasteiger partial charge >= 0.3 is 0 Å². The lowest BCUT2D eigenvalue weighted by molar-refractivity contribution is 0.515. The first kappa shape index (κ1) is 15.9. The van der Waals surface area contributed by atoms with Crippen LogP contribution in [0.3, 0.4) is 0 Å². The summed E-state index contributed by atoms with van der Waals surface area (Å²) in [6, 6.07) is 8.73. The second-order valence-corrected chi connectivity index (χ2v) is 5.62. The van der Waals surface area contributed by atoms with Crippen molar-refractivity contribution in [3.63, 3.8) is 0 Å². The van der Waals surface area contributed by atoms with Gasteiger partial charge in [-0.25, -0.2) is 4.39 Å². The lowest BCUT2D eigenvalue weighted by atomic mass is 9.98. The van der Waals surface area contributed by atoms with Gasteiger partial charge in [0, 0.05) is 6.20 Å². The van der Waals surface area contributed by atoms with Crippen molar-refractivity contribution in [2.75, 3.05) is 6.54 Å². The van der Waals surface area contributed by atoms with Crippen molar-refractivity contribution in [1.82, 2.24) is 10.3 Å². The molecule has 0 saturated heterocycles. The molecule has 0 amide bonds. The maximum atomic E-state index is 13.5. The van der Waals surface area contributed by atoms with Crippen molar-refractivity contribution in [2.45, 2.75) is 32.7 Å². The molecule has 2 nitrogen and oxygen atoms in total. The molecule has 1 aromatic carbocycles. The minimum absolute atomic E-state index is 0.0581. The highest BCUT2D eigenvalue weighted by Crippen LogP contribution is 2.21. The molecule has 112 valence electrons. The topological polar surface area (TPSA) is 24.9 Å². The monoisotopic (exact) mass is 306 g/mol. The maximum Gasteiger partial charge on any atom is 0.123 e. The van der Waals surface area contributed by atoms with E-state index in [1.54, 1.807) is 12.3 Å². The van der Waals surface area contributed by atoms with Crippen LogP contribution in [0.5, 0.6) is 0 Å². The average molecular weight is 307 g/mol. The van der Waals surface area contributed by atoms with Gasteiger partial charge in [-0.2, -0.15) is 0 Å². The van der Waals surface area contributed by atoms with Gasteiger partial charge in [0.1, 0.15) is 5.82 Å². The first-order chi connectivity index (χ1) is 10.1. The molecule has 0 spiro atoms. The third-order valence-corrected chi connectivity index (χ3v) is 3.71. The quantitative estimate of drug-likeness (QED) is 0.852. The van der Waals surface area contributed by atoms with Gasteiger partial charge in [0.25, 0.3) is 0 Å². The summed E-state index contributed by atoms with van der Waals surface area (Å²) >= 11 is 5.89. The molecule has 0 radical (unpaired) electrons. The Hall–Kier alpha value is -1.45. The number of benzene rings is 1. The van der Waals surface area contributed by atoms with Gasteiger partial charge in [-0.05, 0) is 61.7 Å². The number of nitrogens with one attached hydrogen (secondary N) is 1. The Morgan fingerprint density at radius 3 is 2.76 bits per heavy atom. The van der Waals surface area contributed by atoms with Gasteiger partial charge in [0.15, 0.2) is 0 Å². The Bertz CT molecular complexity index is 584. The summed E-state index contributed by atoms with van der Waals surface area (Å²) in [5.41, 5.74) is 3.02. The van der Waals surface area contributed by atoms with Crippen molar-refractivity contribution < 1.29 is 4.39 Å². The van der Waals surface area contributed by atoms with Crippen LogP contribution in [0.15, 0.2) is 36.5 Å². The highest BCUT2D eigenvalue weighted by molar-refractivity contribution is 6.30. The first-order valence-electron chi connectivity index (χ1n) is 7.20. The van der Waals surface area contributed by atoms with Gasteiger partial charge in [-0.3, -0.25) is 4.98 Å². The fourth-order valence-corrected chi connectivity index (χ4v) is 2.38. The number of aromatic nitrogens is 1. The molecule has 0 bridgehead atoms. The molecule has 1 N–H and O–H groups in total. The van der Waals surface area contributed by atoms with E-state index in [0.717, 1.165) is 29.8 Å². The van der Waals surface area contributed by atoms with Crippen LogP contribution in [0, 0.1) is 12.7 Å². The van der Waals surface area contributed by atoms with Gasteiger partial charge in [0.2, 0.25) is 0 Å². The highest BCUT2D eigenvalue weighted by Gasteiger charge is 2.14. The van der Waals surface area contributed by atoms with E-state index < -0.39 is 0 Å². The Morgan fingerprint density at radius 2 is 2.10 bits per heavy atom. The smallest absolute Gasteiger partial charge is 0.123 e. The van der Waals surface area contributed by atoms with E-state index in [4.69, 9.17) is 11.6 Å². The summed E-state index contributed by atoms with van der Waals surface area (Å²) in [5, 5.41) is 4.09. The molecule has 4 heteroatoms. The zero-order chi connectivity index (χ0) is 15.2. The molecule has 0 aliphatic carbocycles. The summed E-state index contributed by atoms with van der Waals surface area (Å²) in [6.07, 6.45) is 3.39. The number of halogens is 2. The summed E-state index contributed by atoms with van der Waals surface area (Å²) in [5.74, 6) is -0.200. The summed E-state index contributed by atoms with van der Waals surface area (Å²) in [7, 11) is 0. The zero-order valence-electron chi connectivity index (χ0n) is 12.4. The highest BCUT2D eigenvalue weighted by atomic mass is 35.5. The van der Waals surface area contributed by atoms with E-state index in [2.05, 4.69) is 17.2 Å². The molecule has 0 aliphatic rings. The Balaban J connectivity index is 2.23. The van der Waals surface area contributed by atoms with Gasteiger partial charge in [-0.15, -0.1) is 0 Å². The van der Waals surface area contributed by atoms with E-state index in [9.17, 15) is 4.39 Å². The minimum atomic E-state index is -0.200. The van der Waals surface area contributed by atoms with Gasteiger partial charge in [-0.1, -0.05) is 24.6 Å². The van der Waals surface area contributed by atoms with E-state index in [0.29, 0.717) is 11.4 Å².